The van der Waals surface area contributed by atoms with Crippen LogP contribution in [-0.4, -0.2) is 18.3 Å². The predicted molar refractivity (Wildman–Crippen MR) is 97.6 cm³/mol. The number of hydrogen-bond donors (Lipinski definition) is 2. The van der Waals surface area contributed by atoms with E-state index in [0.717, 1.165) is 0 Å². The smallest absolute Gasteiger partial charge is 0.409 e. The Bertz CT molecular complexity index is 926. The van der Waals surface area contributed by atoms with Crippen molar-refractivity contribution in [1.82, 2.24) is 0 Å². The molecule has 0 aliphatic rings. The largest absolute Gasteiger partial charge is 0.497 e. The lowest BCUT2D eigenvalue weighted by atomic mass is 10.2. The summed E-state index contributed by atoms with van der Waals surface area (Å²) in [5.41, 5.74) is 0.269. The van der Waals surface area contributed by atoms with Crippen molar-refractivity contribution in [2.24, 2.45) is 0 Å². The number of hydrogen-bond acceptors (Lipinski definition) is 4. The monoisotopic (exact) mass is 369 g/mol. The minimum atomic E-state index is -1.22. The van der Waals surface area contributed by atoms with Crippen molar-refractivity contribution >= 4 is 11.8 Å². The van der Waals surface area contributed by atoms with Gasteiger partial charge in [0.1, 0.15) is 34.6 Å². The first-order valence-electron chi connectivity index (χ1n) is 7.92. The molecule has 3 aromatic carbocycles. The van der Waals surface area contributed by atoms with Crippen molar-refractivity contribution in [2.75, 3.05) is 12.4 Å². The number of benzene rings is 3. The molecule has 27 heavy (non-hydrogen) atoms. The molecule has 0 atom stereocenters. The van der Waals surface area contributed by atoms with E-state index in [1.165, 1.54) is 36.4 Å². The minimum absolute atomic E-state index is 0.269. The lowest BCUT2D eigenvalue weighted by Gasteiger charge is -2.12. The summed E-state index contributed by atoms with van der Waals surface area (Å²) in [6.07, 6.45) is -1.22. The molecule has 0 aliphatic carbocycles. The van der Waals surface area contributed by atoms with Gasteiger partial charge in [0.15, 0.2) is 0 Å². The van der Waals surface area contributed by atoms with E-state index in [-0.39, 0.29) is 11.5 Å². The van der Waals surface area contributed by atoms with Gasteiger partial charge in [-0.2, -0.15) is 0 Å². The van der Waals surface area contributed by atoms with Gasteiger partial charge in [0, 0.05) is 18.2 Å². The van der Waals surface area contributed by atoms with Gasteiger partial charge in [-0.15, -0.1) is 0 Å². The zero-order chi connectivity index (χ0) is 19.2. The quantitative estimate of drug-likeness (QED) is 0.599. The second-order valence-electron chi connectivity index (χ2n) is 5.46. The molecule has 1 amide bonds. The Balaban J connectivity index is 1.86. The van der Waals surface area contributed by atoms with Gasteiger partial charge < -0.3 is 19.3 Å². The number of rotatable bonds is 6. The highest BCUT2D eigenvalue weighted by Gasteiger charge is 2.08. The molecule has 6 nitrogen and oxygen atoms in total. The number of ether oxygens (including phenoxy) is 3. The summed E-state index contributed by atoms with van der Waals surface area (Å²) in [4.78, 5) is 11.0. The van der Waals surface area contributed by atoms with Crippen LogP contribution in [0.3, 0.4) is 0 Å². The molecule has 138 valence electrons. The molecule has 2 N–H and O–H groups in total. The lowest BCUT2D eigenvalue weighted by Crippen LogP contribution is -2.07. The summed E-state index contributed by atoms with van der Waals surface area (Å²) in [5.74, 6) is 1.94. The van der Waals surface area contributed by atoms with Crippen LogP contribution < -0.4 is 19.5 Å². The molecule has 7 heteroatoms. The van der Waals surface area contributed by atoms with Crippen molar-refractivity contribution in [3.63, 3.8) is 0 Å². The summed E-state index contributed by atoms with van der Waals surface area (Å²) in [6.45, 7) is 0. The highest BCUT2D eigenvalue weighted by Crippen LogP contribution is 2.33. The van der Waals surface area contributed by atoms with Crippen LogP contribution in [0.5, 0.6) is 28.7 Å². The second kappa shape index (κ2) is 8.09. The molecule has 0 saturated heterocycles. The van der Waals surface area contributed by atoms with E-state index in [1.807, 2.05) is 0 Å². The topological polar surface area (TPSA) is 77.0 Å². The Labute approximate surface area is 154 Å². The van der Waals surface area contributed by atoms with E-state index in [1.54, 1.807) is 37.4 Å². The summed E-state index contributed by atoms with van der Waals surface area (Å²) >= 11 is 0. The van der Waals surface area contributed by atoms with Crippen molar-refractivity contribution in [3.05, 3.63) is 72.5 Å². The average Bonchev–Trinajstić information content (AvgIpc) is 2.63. The zero-order valence-electron chi connectivity index (χ0n) is 14.3. The van der Waals surface area contributed by atoms with Crippen LogP contribution in [0.2, 0.25) is 0 Å². The van der Waals surface area contributed by atoms with Crippen LogP contribution in [0.1, 0.15) is 0 Å². The summed E-state index contributed by atoms with van der Waals surface area (Å²) in [6, 6.07) is 17.0. The highest BCUT2D eigenvalue weighted by molar-refractivity contribution is 5.83. The van der Waals surface area contributed by atoms with Gasteiger partial charge in [0.05, 0.1) is 12.8 Å². The number of carboxylic acid groups (broad SMARTS) is 1. The van der Waals surface area contributed by atoms with Crippen LogP contribution in [0.15, 0.2) is 66.7 Å². The third kappa shape index (κ3) is 5.12. The molecule has 3 rings (SSSR count). The van der Waals surface area contributed by atoms with Gasteiger partial charge in [-0.3, -0.25) is 5.32 Å². The summed E-state index contributed by atoms with van der Waals surface area (Å²) in [7, 11) is 1.57. The normalized spacial score (nSPS) is 10.1. The first-order chi connectivity index (χ1) is 13.0. The highest BCUT2D eigenvalue weighted by atomic mass is 19.1. The first kappa shape index (κ1) is 18.1. The maximum absolute atomic E-state index is 13.0. The number of halogens is 1. The molecule has 0 saturated carbocycles. The van der Waals surface area contributed by atoms with Crippen LogP contribution in [0.4, 0.5) is 14.9 Å². The predicted octanol–water partition coefficient (Wildman–Crippen LogP) is 5.51. The molecule has 0 aromatic heterocycles. The number of carbonyl (C=O) groups is 1. The Morgan fingerprint density at radius 3 is 1.78 bits per heavy atom. The zero-order valence-corrected chi connectivity index (χ0v) is 14.3. The van der Waals surface area contributed by atoms with E-state index >= 15 is 0 Å². The van der Waals surface area contributed by atoms with Gasteiger partial charge in [-0.1, -0.05) is 0 Å². The molecule has 0 unspecified atom stereocenters. The number of methoxy groups -OCH3 is 1. The van der Waals surface area contributed by atoms with E-state index < -0.39 is 6.09 Å². The maximum Gasteiger partial charge on any atom is 0.409 e. The second-order valence-corrected chi connectivity index (χ2v) is 5.46. The summed E-state index contributed by atoms with van der Waals surface area (Å²) in [5, 5.41) is 11.2. The van der Waals surface area contributed by atoms with Crippen molar-refractivity contribution < 1.29 is 28.5 Å². The van der Waals surface area contributed by atoms with Crippen LogP contribution >= 0.6 is 0 Å². The van der Waals surface area contributed by atoms with Gasteiger partial charge >= 0.3 is 6.09 Å². The third-order valence-corrected chi connectivity index (χ3v) is 3.48. The Morgan fingerprint density at radius 2 is 1.30 bits per heavy atom. The molecule has 0 aliphatic heterocycles. The van der Waals surface area contributed by atoms with Crippen LogP contribution in [0, 0.1) is 5.82 Å². The fourth-order valence-electron chi connectivity index (χ4n) is 2.30. The molecular weight excluding hydrogens is 353 g/mol. The van der Waals surface area contributed by atoms with Gasteiger partial charge in [-0.25, -0.2) is 9.18 Å². The van der Waals surface area contributed by atoms with E-state index in [9.17, 15) is 9.18 Å². The molecule has 0 heterocycles. The fourth-order valence-corrected chi connectivity index (χ4v) is 2.30. The van der Waals surface area contributed by atoms with Gasteiger partial charge in [0.25, 0.3) is 0 Å². The standard InChI is InChI=1S/C20H16FNO5/c1-25-15-6-8-17(9-7-15)27-19-11-14(22-20(23)24)10-18(12-19)26-16-4-2-13(21)3-5-16/h2-12,22H,1H3,(H,23,24). The number of amides is 1. The van der Waals surface area contributed by atoms with Crippen molar-refractivity contribution in [3.8, 4) is 28.7 Å². The Kier molecular flexibility index (Phi) is 5.41. The van der Waals surface area contributed by atoms with Crippen molar-refractivity contribution in [2.45, 2.75) is 0 Å². The van der Waals surface area contributed by atoms with E-state index in [4.69, 9.17) is 19.3 Å². The SMILES string of the molecule is COc1ccc(Oc2cc(NC(=O)O)cc(Oc3ccc(F)cc3)c2)cc1. The summed E-state index contributed by atoms with van der Waals surface area (Å²) < 4.78 is 29.6. The number of nitrogens with one attached hydrogen (secondary N) is 1. The van der Waals surface area contributed by atoms with E-state index in [0.29, 0.717) is 28.7 Å². The first-order valence-corrected chi connectivity index (χ1v) is 7.92. The number of anilines is 1. The molecule has 3 aromatic rings. The Hall–Kier alpha value is -3.74. The van der Waals surface area contributed by atoms with E-state index in [2.05, 4.69) is 5.32 Å². The fraction of sp³-hybridized carbons (Fsp3) is 0.0500. The minimum Gasteiger partial charge on any atom is -0.497 e. The molecular formula is C20H16FNO5. The average molecular weight is 369 g/mol. The van der Waals surface area contributed by atoms with Crippen molar-refractivity contribution in [1.29, 1.82) is 0 Å². The van der Waals surface area contributed by atoms with Gasteiger partial charge in [0.2, 0.25) is 0 Å². The molecule has 0 bridgehead atoms. The molecule has 0 fully saturated rings. The van der Waals surface area contributed by atoms with Crippen LogP contribution in [0.25, 0.3) is 0 Å². The van der Waals surface area contributed by atoms with Gasteiger partial charge in [-0.05, 0) is 48.5 Å². The molecule has 0 radical (unpaired) electrons. The maximum atomic E-state index is 13.0. The van der Waals surface area contributed by atoms with Crippen LogP contribution in [-0.2, 0) is 0 Å². The molecule has 0 spiro atoms. The lowest BCUT2D eigenvalue weighted by molar-refractivity contribution is 0.209. The Morgan fingerprint density at radius 1 is 0.815 bits per heavy atom. The third-order valence-electron chi connectivity index (χ3n) is 3.48.